The fourth-order valence-electron chi connectivity index (χ4n) is 3.92. The maximum atomic E-state index is 13.2. The van der Waals surface area contributed by atoms with Crippen LogP contribution in [0.1, 0.15) is 39.9 Å². The van der Waals surface area contributed by atoms with E-state index in [2.05, 4.69) is 17.4 Å². The van der Waals surface area contributed by atoms with Crippen LogP contribution in [0.2, 0.25) is 0 Å². The number of aryl methyl sites for hydroxylation is 2. The first-order chi connectivity index (χ1) is 17.0. The van der Waals surface area contributed by atoms with E-state index in [1.165, 1.54) is 5.56 Å². The summed E-state index contributed by atoms with van der Waals surface area (Å²) in [4.78, 5) is 24.8. The molecule has 6 heteroatoms. The van der Waals surface area contributed by atoms with E-state index in [-0.39, 0.29) is 5.91 Å². The van der Waals surface area contributed by atoms with Gasteiger partial charge in [-0.15, -0.1) is 0 Å². The maximum Gasteiger partial charge on any atom is 0.326 e. The van der Waals surface area contributed by atoms with Gasteiger partial charge in [0.05, 0.1) is 6.61 Å². The van der Waals surface area contributed by atoms with Crippen molar-refractivity contribution >= 4 is 23.6 Å². The topological polar surface area (TPSA) is 75.6 Å². The normalized spacial score (nSPS) is 11.7. The Labute approximate surface area is 211 Å². The molecule has 3 aromatic rings. The molecule has 0 spiro atoms. The monoisotopic (exact) mass is 491 g/mol. The predicted octanol–water partition coefficient (Wildman–Crippen LogP) is 5.75. The van der Waals surface area contributed by atoms with Crippen LogP contribution in [0.4, 0.5) is 0 Å². The Morgan fingerprint density at radius 1 is 0.971 bits per heavy atom. The number of amides is 1. The number of benzene rings is 3. The third-order valence-electron chi connectivity index (χ3n) is 5.84. The van der Waals surface area contributed by atoms with Crippen LogP contribution in [0.3, 0.4) is 0 Å². The lowest BCUT2D eigenvalue weighted by molar-refractivity contribution is -0.139. The first kappa shape index (κ1) is 26.5. The zero-order valence-corrected chi connectivity index (χ0v) is 21.1. The van der Waals surface area contributed by atoms with E-state index in [0.717, 1.165) is 35.1 Å². The molecule has 1 amide bonds. The zero-order valence-electron chi connectivity index (χ0n) is 20.3. The Hall–Kier alpha value is -3.09. The highest BCUT2D eigenvalue weighted by atomic mass is 32.2. The fraction of sp³-hybridized carbons (Fsp3) is 0.310. The van der Waals surface area contributed by atoms with E-state index < -0.39 is 12.0 Å². The minimum Gasteiger partial charge on any atom is -0.480 e. The van der Waals surface area contributed by atoms with E-state index in [4.69, 9.17) is 4.74 Å². The molecule has 184 valence electrons. The largest absolute Gasteiger partial charge is 0.480 e. The van der Waals surface area contributed by atoms with Crippen molar-refractivity contribution in [3.05, 3.63) is 95.1 Å². The van der Waals surface area contributed by atoms with Crippen LogP contribution in [-0.2, 0) is 22.6 Å². The van der Waals surface area contributed by atoms with Crippen molar-refractivity contribution in [2.24, 2.45) is 0 Å². The second kappa shape index (κ2) is 13.7. The molecule has 0 aromatic heterocycles. The van der Waals surface area contributed by atoms with Crippen molar-refractivity contribution in [2.75, 3.05) is 18.6 Å². The molecule has 3 rings (SSSR count). The standard InChI is InChI=1S/C29H33NO4S/c1-21-9-6-7-13-24(21)26-19-23(20-34-17-8-12-22-10-4-3-5-11-22)14-15-25(26)28(31)30-27(29(32)33)16-18-35-2/h3-7,9-11,13-15,19,27H,8,12,16-18,20H2,1-2H3,(H,30,31)(H,32,33)/t27-/m0/s1. The molecule has 0 unspecified atom stereocenters. The molecule has 3 aromatic carbocycles. The van der Waals surface area contributed by atoms with Gasteiger partial charge in [-0.2, -0.15) is 11.8 Å². The maximum absolute atomic E-state index is 13.2. The highest BCUT2D eigenvalue weighted by Gasteiger charge is 2.22. The average molecular weight is 492 g/mol. The zero-order chi connectivity index (χ0) is 25.0. The third-order valence-corrected chi connectivity index (χ3v) is 6.49. The second-order valence-corrected chi connectivity index (χ2v) is 9.47. The summed E-state index contributed by atoms with van der Waals surface area (Å²) in [6, 6.07) is 22.9. The van der Waals surface area contributed by atoms with Crippen molar-refractivity contribution in [3.63, 3.8) is 0 Å². The van der Waals surface area contributed by atoms with Gasteiger partial charge in [0.1, 0.15) is 6.04 Å². The Kier molecular flexibility index (Phi) is 10.4. The average Bonchev–Trinajstić information content (AvgIpc) is 2.87. The molecule has 5 nitrogen and oxygen atoms in total. The molecule has 0 heterocycles. The van der Waals surface area contributed by atoms with Crippen molar-refractivity contribution in [2.45, 2.75) is 38.8 Å². The van der Waals surface area contributed by atoms with E-state index in [1.54, 1.807) is 17.8 Å². The smallest absolute Gasteiger partial charge is 0.326 e. The number of carbonyl (C=O) groups excluding carboxylic acids is 1. The minimum atomic E-state index is -1.02. The minimum absolute atomic E-state index is 0.372. The van der Waals surface area contributed by atoms with Gasteiger partial charge in [0.15, 0.2) is 0 Å². The molecule has 0 fully saturated rings. The van der Waals surface area contributed by atoms with Gasteiger partial charge in [0.2, 0.25) is 0 Å². The van der Waals surface area contributed by atoms with Crippen LogP contribution in [0.5, 0.6) is 0 Å². The van der Waals surface area contributed by atoms with Crippen molar-refractivity contribution in [1.29, 1.82) is 0 Å². The van der Waals surface area contributed by atoms with Crippen LogP contribution in [-0.4, -0.2) is 41.6 Å². The number of ether oxygens (including phenoxy) is 1. The van der Waals surface area contributed by atoms with E-state index >= 15 is 0 Å². The lowest BCUT2D eigenvalue weighted by atomic mass is 9.93. The van der Waals surface area contributed by atoms with Gasteiger partial charge < -0.3 is 15.2 Å². The summed E-state index contributed by atoms with van der Waals surface area (Å²) in [5, 5.41) is 12.3. The van der Waals surface area contributed by atoms with Crippen molar-refractivity contribution in [1.82, 2.24) is 5.32 Å². The van der Waals surface area contributed by atoms with Crippen LogP contribution in [0, 0.1) is 6.92 Å². The highest BCUT2D eigenvalue weighted by Crippen LogP contribution is 2.28. The number of hydrogen-bond acceptors (Lipinski definition) is 4. The van der Waals surface area contributed by atoms with Gasteiger partial charge in [-0.1, -0.05) is 60.7 Å². The van der Waals surface area contributed by atoms with E-state index in [0.29, 0.717) is 31.0 Å². The number of aliphatic carboxylic acids is 1. The number of carboxylic acids is 1. The SMILES string of the molecule is CSCC[C@H](NC(=O)c1ccc(COCCCc2ccccc2)cc1-c1ccccc1C)C(=O)O. The van der Waals surface area contributed by atoms with Crippen LogP contribution >= 0.6 is 11.8 Å². The molecule has 0 aliphatic rings. The summed E-state index contributed by atoms with van der Waals surface area (Å²) < 4.78 is 5.92. The molecule has 0 bridgehead atoms. The molecule has 0 aliphatic heterocycles. The molecule has 2 N–H and O–H groups in total. The molecule has 1 atom stereocenters. The molecular weight excluding hydrogens is 458 g/mol. The predicted molar refractivity (Wildman–Crippen MR) is 143 cm³/mol. The Morgan fingerprint density at radius 3 is 2.43 bits per heavy atom. The summed E-state index contributed by atoms with van der Waals surface area (Å²) >= 11 is 1.56. The van der Waals surface area contributed by atoms with E-state index in [9.17, 15) is 14.7 Å². The number of carbonyl (C=O) groups is 2. The van der Waals surface area contributed by atoms with Gasteiger partial charge in [-0.25, -0.2) is 4.79 Å². The van der Waals surface area contributed by atoms with Gasteiger partial charge in [0.25, 0.3) is 5.91 Å². The lowest BCUT2D eigenvalue weighted by Gasteiger charge is -2.17. The Bertz CT molecular complexity index is 1120. The summed E-state index contributed by atoms with van der Waals surface area (Å²) in [6.07, 6.45) is 4.19. The molecule has 0 radical (unpaired) electrons. The molecule has 35 heavy (non-hydrogen) atoms. The first-order valence-corrected chi connectivity index (χ1v) is 13.2. The summed E-state index contributed by atoms with van der Waals surface area (Å²) in [7, 11) is 0. The van der Waals surface area contributed by atoms with Crippen molar-refractivity contribution in [3.8, 4) is 11.1 Å². The number of rotatable bonds is 13. The third kappa shape index (κ3) is 7.98. The first-order valence-electron chi connectivity index (χ1n) is 11.8. The van der Waals surface area contributed by atoms with Gasteiger partial charge >= 0.3 is 5.97 Å². The molecule has 0 saturated carbocycles. The number of carboxylic acid groups (broad SMARTS) is 1. The van der Waals surface area contributed by atoms with Crippen LogP contribution in [0.15, 0.2) is 72.8 Å². The Balaban J connectivity index is 1.74. The van der Waals surface area contributed by atoms with Crippen molar-refractivity contribution < 1.29 is 19.4 Å². The Morgan fingerprint density at radius 2 is 1.71 bits per heavy atom. The fourth-order valence-corrected chi connectivity index (χ4v) is 4.39. The molecule has 0 saturated heterocycles. The summed E-state index contributed by atoms with van der Waals surface area (Å²) in [5.74, 6) is -0.750. The highest BCUT2D eigenvalue weighted by molar-refractivity contribution is 7.98. The second-order valence-electron chi connectivity index (χ2n) is 8.48. The number of thioether (sulfide) groups is 1. The number of hydrogen-bond donors (Lipinski definition) is 2. The summed E-state index contributed by atoms with van der Waals surface area (Å²) in [6.45, 7) is 3.09. The van der Waals surface area contributed by atoms with E-state index in [1.807, 2.05) is 67.8 Å². The van der Waals surface area contributed by atoms with Gasteiger partial charge in [-0.3, -0.25) is 4.79 Å². The number of nitrogens with one attached hydrogen (secondary N) is 1. The summed E-state index contributed by atoms with van der Waals surface area (Å²) in [5.41, 5.74) is 5.49. The van der Waals surface area contributed by atoms with Gasteiger partial charge in [0, 0.05) is 12.2 Å². The van der Waals surface area contributed by atoms with Crippen LogP contribution in [0.25, 0.3) is 11.1 Å². The quantitative estimate of drug-likeness (QED) is 0.298. The molecule has 0 aliphatic carbocycles. The lowest BCUT2D eigenvalue weighted by Crippen LogP contribution is -2.41. The molecular formula is C29H33NO4S. The van der Waals surface area contributed by atoms with Crippen LogP contribution < -0.4 is 5.32 Å². The van der Waals surface area contributed by atoms with Gasteiger partial charge in [-0.05, 0) is 78.1 Å².